The van der Waals surface area contributed by atoms with E-state index in [0.717, 1.165) is 12.1 Å². The molecule has 2 heterocycles. The van der Waals surface area contributed by atoms with Crippen molar-refractivity contribution >= 4 is 11.8 Å². The summed E-state index contributed by atoms with van der Waals surface area (Å²) in [6, 6.07) is 1.81. The lowest BCUT2D eigenvalue weighted by atomic mass is 9.92. The van der Waals surface area contributed by atoms with Crippen molar-refractivity contribution in [3.63, 3.8) is 0 Å². The van der Waals surface area contributed by atoms with Gasteiger partial charge in [-0.1, -0.05) is 20.8 Å². The van der Waals surface area contributed by atoms with Crippen molar-refractivity contribution in [2.75, 3.05) is 13.1 Å². The average Bonchev–Trinajstić information content (AvgIpc) is 3.10. The van der Waals surface area contributed by atoms with Crippen LogP contribution in [0.5, 0.6) is 0 Å². The van der Waals surface area contributed by atoms with Gasteiger partial charge in [-0.2, -0.15) is 5.10 Å². The Kier molecular flexibility index (Phi) is 4.79. The monoisotopic (exact) mass is 316 g/mol. The molecule has 1 aromatic heterocycles. The topological polar surface area (TPSA) is 58.4 Å². The van der Waals surface area contributed by atoms with E-state index in [2.05, 4.69) is 31.8 Å². The Morgan fingerprint density at radius 2 is 1.96 bits per heavy atom. The Hall–Kier alpha value is -2.29. The van der Waals surface area contributed by atoms with Crippen LogP contribution in [0.15, 0.2) is 6.07 Å². The molecule has 6 nitrogen and oxygen atoms in total. The molecule has 0 aliphatic carbocycles. The molecular formula is C17H24N4O2. The predicted molar refractivity (Wildman–Crippen MR) is 87.3 cm³/mol. The largest absolute Gasteiger partial charge is 0.290 e. The number of terminal acetylenes is 1. The zero-order valence-corrected chi connectivity index (χ0v) is 14.3. The zero-order chi connectivity index (χ0) is 17.2. The number of aryl methyl sites for hydroxylation is 1. The molecule has 0 aromatic carbocycles. The Bertz CT molecular complexity index is 649. The van der Waals surface area contributed by atoms with Crippen molar-refractivity contribution in [2.45, 2.75) is 45.4 Å². The molecule has 0 unspecified atom stereocenters. The molecule has 1 aliphatic heterocycles. The third kappa shape index (κ3) is 3.55. The average molecular weight is 316 g/mol. The minimum absolute atomic E-state index is 0.105. The minimum Gasteiger partial charge on any atom is -0.273 e. The number of hydrogen-bond acceptors (Lipinski definition) is 3. The normalized spacial score (nSPS) is 14.9. The summed E-state index contributed by atoms with van der Waals surface area (Å²) in [5.74, 6) is 2.16. The molecule has 0 bridgehead atoms. The van der Waals surface area contributed by atoms with E-state index in [1.54, 1.807) is 11.7 Å². The first-order valence-electron chi connectivity index (χ1n) is 7.86. The van der Waals surface area contributed by atoms with E-state index in [0.29, 0.717) is 25.2 Å². The van der Waals surface area contributed by atoms with Gasteiger partial charge in [0.1, 0.15) is 5.69 Å². The van der Waals surface area contributed by atoms with Crippen molar-refractivity contribution < 1.29 is 9.59 Å². The van der Waals surface area contributed by atoms with Crippen molar-refractivity contribution in [3.05, 3.63) is 17.5 Å². The van der Waals surface area contributed by atoms with Gasteiger partial charge in [0.25, 0.3) is 5.91 Å². The maximum Gasteiger partial charge on any atom is 0.290 e. The third-order valence-corrected chi connectivity index (χ3v) is 3.90. The predicted octanol–water partition coefficient (Wildman–Crippen LogP) is 1.72. The maximum absolute atomic E-state index is 12.8. The highest BCUT2D eigenvalue weighted by molar-refractivity contribution is 5.94. The second-order valence-corrected chi connectivity index (χ2v) is 6.79. The molecule has 6 heteroatoms. The highest BCUT2D eigenvalue weighted by Gasteiger charge is 2.33. The molecule has 2 amide bonds. The molecule has 124 valence electrons. The Morgan fingerprint density at radius 3 is 2.52 bits per heavy atom. The second kappa shape index (κ2) is 6.45. The van der Waals surface area contributed by atoms with Crippen LogP contribution in [0.2, 0.25) is 0 Å². The highest BCUT2D eigenvalue weighted by atomic mass is 16.2. The number of carbonyl (C=O) groups is 2. The number of rotatable bonds is 3. The lowest BCUT2D eigenvalue weighted by molar-refractivity contribution is -0.140. The van der Waals surface area contributed by atoms with E-state index < -0.39 is 0 Å². The van der Waals surface area contributed by atoms with Crippen LogP contribution in [0, 0.1) is 12.3 Å². The lowest BCUT2D eigenvalue weighted by Gasteiger charge is -2.27. The summed E-state index contributed by atoms with van der Waals surface area (Å²) in [5, 5.41) is 7.47. The summed E-state index contributed by atoms with van der Waals surface area (Å²) >= 11 is 0. The first-order chi connectivity index (χ1) is 10.8. The summed E-state index contributed by atoms with van der Waals surface area (Å²) < 4.78 is 1.59. The number of hydrogen-bond donors (Lipinski definition) is 0. The summed E-state index contributed by atoms with van der Waals surface area (Å²) in [4.78, 5) is 25.0. The van der Waals surface area contributed by atoms with Gasteiger partial charge in [0.2, 0.25) is 5.91 Å². The van der Waals surface area contributed by atoms with E-state index in [-0.39, 0.29) is 23.7 Å². The van der Waals surface area contributed by atoms with Crippen LogP contribution < -0.4 is 0 Å². The van der Waals surface area contributed by atoms with Crippen molar-refractivity contribution in [1.82, 2.24) is 19.8 Å². The molecular weight excluding hydrogens is 292 g/mol. The van der Waals surface area contributed by atoms with Crippen molar-refractivity contribution in [3.8, 4) is 12.3 Å². The van der Waals surface area contributed by atoms with Gasteiger partial charge >= 0.3 is 0 Å². The number of nitrogens with zero attached hydrogens (tertiary/aromatic N) is 4. The van der Waals surface area contributed by atoms with Gasteiger partial charge < -0.3 is 0 Å². The fraction of sp³-hybridized carbons (Fsp3) is 0.588. The van der Waals surface area contributed by atoms with Crippen LogP contribution in [-0.2, 0) is 17.3 Å². The number of carbonyl (C=O) groups excluding carboxylic acids is 2. The van der Waals surface area contributed by atoms with Gasteiger partial charge in [-0.15, -0.1) is 12.3 Å². The smallest absolute Gasteiger partial charge is 0.273 e. The van der Waals surface area contributed by atoms with Crippen LogP contribution in [-0.4, -0.2) is 44.7 Å². The molecule has 1 saturated heterocycles. The minimum atomic E-state index is -0.193. The zero-order valence-electron chi connectivity index (χ0n) is 14.3. The molecule has 1 fully saturated rings. The highest BCUT2D eigenvalue weighted by Crippen LogP contribution is 2.23. The van der Waals surface area contributed by atoms with E-state index in [1.807, 2.05) is 6.07 Å². The second-order valence-electron chi connectivity index (χ2n) is 6.79. The summed E-state index contributed by atoms with van der Waals surface area (Å²) in [6.07, 6.45) is 6.64. The first kappa shape index (κ1) is 17.1. The standard InChI is InChI=1S/C17H24N4O2/c1-6-7-9-15(22)20-10-8-11-21(20)16(23)13-12-14(17(2,3)4)18-19(13)5/h1,12H,7-11H2,2-5H3. The van der Waals surface area contributed by atoms with Gasteiger partial charge in [-0.25, -0.2) is 5.01 Å². The lowest BCUT2D eigenvalue weighted by Crippen LogP contribution is -2.45. The Balaban J connectivity index is 2.21. The molecule has 23 heavy (non-hydrogen) atoms. The number of hydrazine groups is 1. The van der Waals surface area contributed by atoms with E-state index in [9.17, 15) is 9.59 Å². The van der Waals surface area contributed by atoms with Crippen LogP contribution in [0.1, 0.15) is 56.2 Å². The molecule has 1 aromatic rings. The molecule has 0 spiro atoms. The molecule has 2 rings (SSSR count). The Morgan fingerprint density at radius 1 is 1.30 bits per heavy atom. The molecule has 0 atom stereocenters. The fourth-order valence-electron chi connectivity index (χ4n) is 2.56. The molecule has 0 N–H and O–H groups in total. The van der Waals surface area contributed by atoms with Gasteiger partial charge in [0.15, 0.2) is 0 Å². The van der Waals surface area contributed by atoms with Gasteiger partial charge in [-0.05, 0) is 12.5 Å². The van der Waals surface area contributed by atoms with Crippen LogP contribution >= 0.6 is 0 Å². The van der Waals surface area contributed by atoms with E-state index in [1.165, 1.54) is 10.0 Å². The number of aromatic nitrogens is 2. The van der Waals surface area contributed by atoms with Gasteiger partial charge in [0, 0.05) is 38.4 Å². The maximum atomic E-state index is 12.8. The van der Waals surface area contributed by atoms with Crippen LogP contribution in [0.25, 0.3) is 0 Å². The van der Waals surface area contributed by atoms with Crippen molar-refractivity contribution in [2.24, 2.45) is 7.05 Å². The SMILES string of the molecule is C#CCCC(=O)N1CCCN1C(=O)c1cc(C(C)(C)C)nn1C. The van der Waals surface area contributed by atoms with E-state index >= 15 is 0 Å². The summed E-state index contributed by atoms with van der Waals surface area (Å²) in [5.41, 5.74) is 1.21. The first-order valence-corrected chi connectivity index (χ1v) is 7.86. The van der Waals surface area contributed by atoms with Gasteiger partial charge in [-0.3, -0.25) is 19.3 Å². The van der Waals surface area contributed by atoms with Gasteiger partial charge in [0.05, 0.1) is 5.69 Å². The number of amides is 2. The fourth-order valence-corrected chi connectivity index (χ4v) is 2.56. The third-order valence-electron chi connectivity index (χ3n) is 3.90. The molecule has 0 radical (unpaired) electrons. The molecule has 1 aliphatic rings. The van der Waals surface area contributed by atoms with Crippen LogP contribution in [0.4, 0.5) is 0 Å². The van der Waals surface area contributed by atoms with E-state index in [4.69, 9.17) is 6.42 Å². The summed E-state index contributed by atoms with van der Waals surface area (Å²) in [6.45, 7) is 7.25. The summed E-state index contributed by atoms with van der Waals surface area (Å²) in [7, 11) is 1.75. The quantitative estimate of drug-likeness (QED) is 0.798. The van der Waals surface area contributed by atoms with Crippen molar-refractivity contribution in [1.29, 1.82) is 0 Å². The van der Waals surface area contributed by atoms with Crippen LogP contribution in [0.3, 0.4) is 0 Å². The Labute approximate surface area is 137 Å². The molecule has 0 saturated carbocycles.